The minimum atomic E-state index is -4.82. The van der Waals surface area contributed by atoms with Crippen LogP contribution in [0.2, 0.25) is 0 Å². The van der Waals surface area contributed by atoms with E-state index in [0.29, 0.717) is 0 Å². The van der Waals surface area contributed by atoms with Gasteiger partial charge >= 0.3 is 13.7 Å². The second-order valence-electron chi connectivity index (χ2n) is 5.45. The third-order valence-corrected chi connectivity index (χ3v) is 6.13. The van der Waals surface area contributed by atoms with Crippen molar-refractivity contribution < 1.29 is 38.1 Å². The number of carbonyl (C=O) groups is 3. The fourth-order valence-electron chi connectivity index (χ4n) is 1.53. The Hall–Kier alpha value is -1.53. The maximum atomic E-state index is 11.9. The van der Waals surface area contributed by atoms with Crippen molar-refractivity contribution in [1.82, 2.24) is 10.6 Å². The molecule has 0 spiro atoms. The lowest BCUT2D eigenvalue weighted by atomic mass is 10.2. The third-order valence-electron chi connectivity index (χ3n) is 2.90. The van der Waals surface area contributed by atoms with E-state index in [0.717, 1.165) is 6.26 Å². The molecule has 25 heavy (non-hydrogen) atoms. The maximum absolute atomic E-state index is 11.9. The highest BCUT2D eigenvalue weighted by atomic mass is 32.2. The quantitative estimate of drug-likeness (QED) is 0.235. The highest BCUT2D eigenvalue weighted by Crippen LogP contribution is 2.37. The van der Waals surface area contributed by atoms with Crippen molar-refractivity contribution in [3.8, 4) is 0 Å². The molecule has 0 bridgehead atoms. The standard InChI is InChI=1S/C11H23N4O8PS/c1-6(9(16)14-7(2)11(18)19)13-10(17)8(12)4-5-25(3,23)15-24(20,21)22/h6-8H,4-5,12H2,1-3H3,(H,13,17)(H,14,16)(H,18,19)(H2,20,21,22). The topological polar surface area (TPSA) is 208 Å². The molecule has 4 atom stereocenters. The van der Waals surface area contributed by atoms with Crippen LogP contribution in [0.1, 0.15) is 20.3 Å². The number of amides is 2. The summed E-state index contributed by atoms with van der Waals surface area (Å²) in [6.07, 6.45) is 0.838. The van der Waals surface area contributed by atoms with Gasteiger partial charge in [-0.3, -0.25) is 14.4 Å². The predicted octanol–water partition coefficient (Wildman–Crippen LogP) is -2.01. The van der Waals surface area contributed by atoms with Crippen molar-refractivity contribution in [2.24, 2.45) is 9.87 Å². The van der Waals surface area contributed by atoms with Crippen molar-refractivity contribution in [3.63, 3.8) is 0 Å². The molecule has 0 aromatic heterocycles. The molecule has 146 valence electrons. The molecular weight excluding hydrogens is 379 g/mol. The van der Waals surface area contributed by atoms with Crippen LogP contribution in [0, 0.1) is 0 Å². The Balaban J connectivity index is 4.64. The van der Waals surface area contributed by atoms with Crippen LogP contribution in [0.15, 0.2) is 4.13 Å². The van der Waals surface area contributed by atoms with Crippen LogP contribution >= 0.6 is 7.75 Å². The van der Waals surface area contributed by atoms with Gasteiger partial charge in [0.1, 0.15) is 12.1 Å². The molecule has 0 aromatic rings. The predicted molar refractivity (Wildman–Crippen MR) is 88.8 cm³/mol. The Labute approximate surface area is 144 Å². The Kier molecular flexibility index (Phi) is 8.68. The second-order valence-corrected chi connectivity index (χ2v) is 9.46. The summed E-state index contributed by atoms with van der Waals surface area (Å²) in [5, 5.41) is 13.1. The van der Waals surface area contributed by atoms with Crippen molar-refractivity contribution in [2.45, 2.75) is 38.4 Å². The van der Waals surface area contributed by atoms with Gasteiger partial charge in [0.2, 0.25) is 11.8 Å². The number of nitrogens with two attached hydrogens (primary N) is 1. The van der Waals surface area contributed by atoms with E-state index in [1.807, 2.05) is 0 Å². The summed E-state index contributed by atoms with van der Waals surface area (Å²) in [6.45, 7) is 2.57. The second kappa shape index (κ2) is 9.25. The summed E-state index contributed by atoms with van der Waals surface area (Å²) in [5.74, 6) is -3.07. The number of carboxylic acids is 1. The maximum Gasteiger partial charge on any atom is 0.456 e. The number of hydrogen-bond donors (Lipinski definition) is 6. The molecule has 0 aliphatic carbocycles. The first-order valence-electron chi connectivity index (χ1n) is 7.00. The van der Waals surface area contributed by atoms with Crippen molar-refractivity contribution in [3.05, 3.63) is 0 Å². The van der Waals surface area contributed by atoms with Gasteiger partial charge in [-0.05, 0) is 20.3 Å². The average Bonchev–Trinajstić information content (AvgIpc) is 2.41. The van der Waals surface area contributed by atoms with Gasteiger partial charge in [0.15, 0.2) is 0 Å². The van der Waals surface area contributed by atoms with Gasteiger partial charge in [-0.15, -0.1) is 4.13 Å². The summed E-state index contributed by atoms with van der Waals surface area (Å²) in [4.78, 5) is 51.6. The van der Waals surface area contributed by atoms with Crippen molar-refractivity contribution in [1.29, 1.82) is 0 Å². The van der Waals surface area contributed by atoms with Gasteiger partial charge < -0.3 is 31.3 Å². The molecule has 0 aliphatic heterocycles. The Morgan fingerprint density at radius 3 is 2.08 bits per heavy atom. The molecule has 0 heterocycles. The van der Waals surface area contributed by atoms with Crippen LogP contribution in [0.4, 0.5) is 0 Å². The number of nitrogens with one attached hydrogen (secondary N) is 2. The molecule has 12 nitrogen and oxygen atoms in total. The fourth-order valence-corrected chi connectivity index (χ4v) is 4.35. The molecular formula is C11H23N4O8PS. The van der Waals surface area contributed by atoms with E-state index in [9.17, 15) is 23.2 Å². The van der Waals surface area contributed by atoms with Gasteiger partial charge in [-0.25, -0.2) is 8.77 Å². The lowest BCUT2D eigenvalue weighted by Gasteiger charge is -2.18. The van der Waals surface area contributed by atoms with Crippen molar-refractivity contribution >= 4 is 35.3 Å². The zero-order valence-corrected chi connectivity index (χ0v) is 15.6. The monoisotopic (exact) mass is 402 g/mol. The third kappa shape index (κ3) is 10.1. The van der Waals surface area contributed by atoms with E-state index < -0.39 is 53.4 Å². The van der Waals surface area contributed by atoms with Gasteiger partial charge in [0.25, 0.3) is 0 Å². The molecule has 0 radical (unpaired) electrons. The summed E-state index contributed by atoms with van der Waals surface area (Å²) >= 11 is 0. The van der Waals surface area contributed by atoms with E-state index in [4.69, 9.17) is 20.6 Å². The Morgan fingerprint density at radius 1 is 1.16 bits per heavy atom. The summed E-state index contributed by atoms with van der Waals surface area (Å²) in [6, 6.07) is -3.40. The van der Waals surface area contributed by atoms with Gasteiger partial charge in [-0.2, -0.15) is 0 Å². The molecule has 14 heteroatoms. The van der Waals surface area contributed by atoms with Gasteiger partial charge in [0.05, 0.1) is 15.8 Å². The van der Waals surface area contributed by atoms with Gasteiger partial charge in [0, 0.05) is 12.0 Å². The van der Waals surface area contributed by atoms with Crippen LogP contribution < -0.4 is 16.4 Å². The van der Waals surface area contributed by atoms with Crippen molar-refractivity contribution in [2.75, 3.05) is 12.0 Å². The van der Waals surface area contributed by atoms with Crippen LogP contribution in [0.25, 0.3) is 0 Å². The molecule has 0 saturated heterocycles. The smallest absolute Gasteiger partial charge is 0.456 e. The zero-order valence-electron chi connectivity index (χ0n) is 13.9. The first-order valence-corrected chi connectivity index (χ1v) is 10.7. The lowest BCUT2D eigenvalue weighted by Crippen LogP contribution is -2.52. The zero-order chi connectivity index (χ0) is 20.0. The number of aliphatic carboxylic acids is 1. The number of rotatable bonds is 9. The first kappa shape index (κ1) is 23.5. The largest absolute Gasteiger partial charge is 0.480 e. The number of hydrogen-bond acceptors (Lipinski definition) is 6. The van der Waals surface area contributed by atoms with E-state index in [2.05, 4.69) is 14.8 Å². The Bertz CT molecular complexity index is 684. The molecule has 0 aromatic carbocycles. The van der Waals surface area contributed by atoms with E-state index >= 15 is 0 Å². The number of carbonyl (C=O) groups excluding carboxylic acids is 2. The summed E-state index contributed by atoms with van der Waals surface area (Å²) in [7, 11) is -8.05. The Morgan fingerprint density at radius 2 is 1.64 bits per heavy atom. The van der Waals surface area contributed by atoms with Crippen LogP contribution in [-0.4, -0.2) is 67.0 Å². The first-order chi connectivity index (χ1) is 11.1. The molecule has 0 aliphatic rings. The minimum absolute atomic E-state index is 0.190. The van der Waals surface area contributed by atoms with Crippen LogP contribution in [0.5, 0.6) is 0 Å². The minimum Gasteiger partial charge on any atom is -0.480 e. The average molecular weight is 402 g/mol. The fraction of sp³-hybridized carbons (Fsp3) is 0.727. The van der Waals surface area contributed by atoms with Gasteiger partial charge in [-0.1, -0.05) is 0 Å². The number of carboxylic acid groups (broad SMARTS) is 1. The summed E-state index contributed by atoms with van der Waals surface area (Å²) in [5.41, 5.74) is 5.59. The molecule has 4 unspecified atom stereocenters. The van der Waals surface area contributed by atoms with E-state index in [1.54, 1.807) is 0 Å². The highest BCUT2D eigenvalue weighted by Gasteiger charge is 2.24. The van der Waals surface area contributed by atoms with E-state index in [1.165, 1.54) is 13.8 Å². The summed E-state index contributed by atoms with van der Waals surface area (Å²) < 4.78 is 25.5. The lowest BCUT2D eigenvalue weighted by molar-refractivity contribution is -0.141. The molecule has 0 saturated carbocycles. The molecule has 0 fully saturated rings. The number of nitrogens with zero attached hydrogens (tertiary/aromatic N) is 1. The SMILES string of the molecule is CC(NC(=O)C(C)NC(=O)C(N)CCS(C)(=O)=NP(=O)(O)O)C(=O)O. The van der Waals surface area contributed by atoms with Crippen LogP contribution in [0.3, 0.4) is 0 Å². The van der Waals surface area contributed by atoms with Crippen LogP contribution in [-0.2, 0) is 28.7 Å². The normalized spacial score (nSPS) is 17.5. The molecule has 0 rings (SSSR count). The molecule has 2 amide bonds. The molecule has 7 N–H and O–H groups in total. The van der Waals surface area contributed by atoms with E-state index in [-0.39, 0.29) is 12.2 Å². The highest BCUT2D eigenvalue weighted by molar-refractivity contribution is 7.95.